The molecule has 0 saturated heterocycles. The zero-order valence-electron chi connectivity index (χ0n) is 14.5. The van der Waals surface area contributed by atoms with Gasteiger partial charge in [0.15, 0.2) is 11.8 Å². The lowest BCUT2D eigenvalue weighted by atomic mass is 10.2. The van der Waals surface area contributed by atoms with Crippen molar-refractivity contribution in [3.05, 3.63) is 11.7 Å². The number of nitrogens with one attached hydrogen (secondary N) is 2. The van der Waals surface area contributed by atoms with Crippen LogP contribution in [0.4, 0.5) is 0 Å². The molecule has 23 heavy (non-hydrogen) atoms. The quantitative estimate of drug-likeness (QED) is 0.387. The summed E-state index contributed by atoms with van der Waals surface area (Å²) in [6, 6.07) is 0. The summed E-state index contributed by atoms with van der Waals surface area (Å²) in [7, 11) is 1.77. The molecule has 0 amide bonds. The first kappa shape index (κ1) is 17.7. The van der Waals surface area contributed by atoms with Gasteiger partial charge in [-0.25, -0.2) is 0 Å². The van der Waals surface area contributed by atoms with Gasteiger partial charge in [-0.2, -0.15) is 4.98 Å². The van der Waals surface area contributed by atoms with E-state index < -0.39 is 0 Å². The number of hydrogen-bond donors (Lipinski definition) is 2. The van der Waals surface area contributed by atoms with Crippen LogP contribution < -0.4 is 10.6 Å². The molecule has 1 saturated carbocycles. The van der Waals surface area contributed by atoms with Crippen LogP contribution in [0.25, 0.3) is 0 Å². The fraction of sp³-hybridized carbons (Fsp3) is 0.812. The van der Waals surface area contributed by atoms with Crippen LogP contribution in [-0.4, -0.2) is 49.5 Å². The van der Waals surface area contributed by atoms with Gasteiger partial charge in [0.1, 0.15) is 0 Å². The maximum Gasteiger partial charge on any atom is 0.228 e. The topological polar surface area (TPSA) is 84.6 Å². The monoisotopic (exact) mass is 323 g/mol. The number of rotatable bonds is 10. The second kappa shape index (κ2) is 9.50. The fourth-order valence-corrected chi connectivity index (χ4v) is 2.03. The Balaban J connectivity index is 1.53. The minimum absolute atomic E-state index is 0.289. The van der Waals surface area contributed by atoms with Gasteiger partial charge < -0.3 is 19.9 Å². The third-order valence-corrected chi connectivity index (χ3v) is 3.66. The summed E-state index contributed by atoms with van der Waals surface area (Å²) < 4.78 is 10.8. The highest BCUT2D eigenvalue weighted by Gasteiger charge is 2.20. The lowest BCUT2D eigenvalue weighted by Gasteiger charge is -2.11. The average Bonchev–Trinajstić information content (AvgIpc) is 3.24. The van der Waals surface area contributed by atoms with E-state index in [0.717, 1.165) is 43.9 Å². The van der Waals surface area contributed by atoms with Gasteiger partial charge >= 0.3 is 0 Å². The molecule has 2 N–H and O–H groups in total. The predicted octanol–water partition coefficient (Wildman–Crippen LogP) is 1.72. The molecule has 0 radical (unpaired) electrons. The first-order chi connectivity index (χ1) is 11.2. The SMILES string of the molecule is CN=C(NCCCOCC1CC1)NCCc1nc(C(C)C)no1. The van der Waals surface area contributed by atoms with E-state index in [2.05, 4.69) is 25.8 Å². The van der Waals surface area contributed by atoms with Crippen molar-refractivity contribution in [2.75, 3.05) is 33.4 Å². The summed E-state index contributed by atoms with van der Waals surface area (Å²) in [6.07, 6.45) is 4.35. The molecular weight excluding hydrogens is 294 g/mol. The average molecular weight is 323 g/mol. The molecule has 1 aromatic rings. The second-order valence-electron chi connectivity index (χ2n) is 6.25. The maximum atomic E-state index is 5.61. The number of guanidine groups is 1. The number of ether oxygens (including phenoxy) is 1. The van der Waals surface area contributed by atoms with E-state index in [-0.39, 0.29) is 5.92 Å². The van der Waals surface area contributed by atoms with E-state index in [1.165, 1.54) is 12.8 Å². The van der Waals surface area contributed by atoms with Gasteiger partial charge in [0.2, 0.25) is 5.89 Å². The van der Waals surface area contributed by atoms with Crippen LogP contribution in [0.3, 0.4) is 0 Å². The van der Waals surface area contributed by atoms with E-state index >= 15 is 0 Å². The highest BCUT2D eigenvalue weighted by Crippen LogP contribution is 2.28. The molecule has 1 fully saturated rings. The third-order valence-electron chi connectivity index (χ3n) is 3.66. The Morgan fingerprint density at radius 3 is 2.78 bits per heavy atom. The zero-order chi connectivity index (χ0) is 16.5. The van der Waals surface area contributed by atoms with Crippen LogP contribution >= 0.6 is 0 Å². The highest BCUT2D eigenvalue weighted by molar-refractivity contribution is 5.79. The summed E-state index contributed by atoms with van der Waals surface area (Å²) in [5.41, 5.74) is 0. The lowest BCUT2D eigenvalue weighted by molar-refractivity contribution is 0.123. The van der Waals surface area contributed by atoms with Crippen LogP contribution in [0.5, 0.6) is 0 Å². The molecule has 0 aromatic carbocycles. The van der Waals surface area contributed by atoms with E-state index in [1.807, 2.05) is 13.8 Å². The molecule has 0 atom stereocenters. The van der Waals surface area contributed by atoms with Crippen LogP contribution in [0.1, 0.15) is 50.7 Å². The molecular formula is C16H29N5O2. The Hall–Kier alpha value is -1.63. The lowest BCUT2D eigenvalue weighted by Crippen LogP contribution is -2.39. The van der Waals surface area contributed by atoms with Crippen molar-refractivity contribution in [1.29, 1.82) is 0 Å². The van der Waals surface area contributed by atoms with Crippen LogP contribution in [0.2, 0.25) is 0 Å². The Labute approximate surface area is 138 Å². The second-order valence-corrected chi connectivity index (χ2v) is 6.25. The van der Waals surface area contributed by atoms with Gasteiger partial charge in [0.25, 0.3) is 0 Å². The van der Waals surface area contributed by atoms with Crippen molar-refractivity contribution in [2.24, 2.45) is 10.9 Å². The predicted molar refractivity (Wildman–Crippen MR) is 89.6 cm³/mol. The molecule has 0 spiro atoms. The minimum Gasteiger partial charge on any atom is -0.381 e. The fourth-order valence-electron chi connectivity index (χ4n) is 2.03. The van der Waals surface area contributed by atoms with Gasteiger partial charge in [-0.15, -0.1) is 0 Å². The normalized spacial score (nSPS) is 15.2. The summed E-state index contributed by atoms with van der Waals surface area (Å²) in [6.45, 7) is 7.38. The zero-order valence-corrected chi connectivity index (χ0v) is 14.5. The molecule has 1 aromatic heterocycles. The van der Waals surface area contributed by atoms with Gasteiger partial charge in [-0.1, -0.05) is 19.0 Å². The standard InChI is InChI=1S/C16H29N5O2/c1-12(2)15-20-14(23-21-15)7-9-19-16(17-3)18-8-4-10-22-11-13-5-6-13/h12-13H,4-11H2,1-3H3,(H2,17,18,19). The largest absolute Gasteiger partial charge is 0.381 e. The Kier molecular flexibility index (Phi) is 7.32. The minimum atomic E-state index is 0.289. The third kappa shape index (κ3) is 6.99. The van der Waals surface area contributed by atoms with Gasteiger partial charge in [0, 0.05) is 45.7 Å². The van der Waals surface area contributed by atoms with Crippen molar-refractivity contribution in [3.63, 3.8) is 0 Å². The summed E-state index contributed by atoms with van der Waals surface area (Å²) in [4.78, 5) is 8.55. The number of nitrogens with zero attached hydrogens (tertiary/aromatic N) is 3. The Morgan fingerprint density at radius 1 is 1.35 bits per heavy atom. The highest BCUT2D eigenvalue weighted by atomic mass is 16.5. The maximum absolute atomic E-state index is 5.61. The molecule has 1 heterocycles. The Bertz CT molecular complexity index is 483. The van der Waals surface area contributed by atoms with Crippen LogP contribution in [0.15, 0.2) is 9.52 Å². The van der Waals surface area contributed by atoms with Crippen molar-refractivity contribution >= 4 is 5.96 Å². The van der Waals surface area contributed by atoms with E-state index in [9.17, 15) is 0 Å². The molecule has 130 valence electrons. The van der Waals surface area contributed by atoms with Gasteiger partial charge in [-0.05, 0) is 25.2 Å². The van der Waals surface area contributed by atoms with E-state index in [4.69, 9.17) is 9.26 Å². The van der Waals surface area contributed by atoms with Crippen LogP contribution in [-0.2, 0) is 11.2 Å². The van der Waals surface area contributed by atoms with Gasteiger partial charge in [-0.3, -0.25) is 4.99 Å². The van der Waals surface area contributed by atoms with Crippen molar-refractivity contribution in [2.45, 2.75) is 45.4 Å². The summed E-state index contributed by atoms with van der Waals surface area (Å²) in [5.74, 6) is 3.32. The number of aromatic nitrogens is 2. The van der Waals surface area contributed by atoms with E-state index in [1.54, 1.807) is 7.05 Å². The first-order valence-corrected chi connectivity index (χ1v) is 8.53. The molecule has 1 aliphatic rings. The molecule has 0 aliphatic heterocycles. The van der Waals surface area contributed by atoms with Crippen molar-refractivity contribution in [1.82, 2.24) is 20.8 Å². The molecule has 7 nitrogen and oxygen atoms in total. The van der Waals surface area contributed by atoms with Crippen LogP contribution in [0, 0.1) is 5.92 Å². The molecule has 2 rings (SSSR count). The van der Waals surface area contributed by atoms with Crippen molar-refractivity contribution in [3.8, 4) is 0 Å². The number of aliphatic imine (C=N–C) groups is 1. The summed E-state index contributed by atoms with van der Waals surface area (Å²) in [5, 5.41) is 10.5. The first-order valence-electron chi connectivity index (χ1n) is 8.53. The van der Waals surface area contributed by atoms with E-state index in [0.29, 0.717) is 18.9 Å². The smallest absolute Gasteiger partial charge is 0.228 e. The molecule has 1 aliphatic carbocycles. The van der Waals surface area contributed by atoms with Crippen molar-refractivity contribution < 1.29 is 9.26 Å². The molecule has 0 bridgehead atoms. The molecule has 0 unspecified atom stereocenters. The molecule has 7 heteroatoms. The van der Waals surface area contributed by atoms with Gasteiger partial charge in [0.05, 0.1) is 0 Å². The number of hydrogen-bond acceptors (Lipinski definition) is 5. The summed E-state index contributed by atoms with van der Waals surface area (Å²) >= 11 is 0. The Morgan fingerprint density at radius 2 is 2.13 bits per heavy atom.